The quantitative estimate of drug-likeness (QED) is 0.371. The van der Waals surface area contributed by atoms with E-state index in [2.05, 4.69) is 29.4 Å². The van der Waals surface area contributed by atoms with E-state index in [0.717, 1.165) is 11.3 Å². The number of hydrogen-bond donors (Lipinski definition) is 1. The Morgan fingerprint density at radius 1 is 1.16 bits per heavy atom. The number of aromatic nitrogens is 4. The molecule has 0 unspecified atom stereocenters. The second-order valence-corrected chi connectivity index (χ2v) is 8.16. The lowest BCUT2D eigenvalue weighted by molar-refractivity contribution is -0.118. The van der Waals surface area contributed by atoms with Gasteiger partial charge in [-0.25, -0.2) is 4.57 Å². The molecule has 31 heavy (non-hydrogen) atoms. The normalized spacial score (nSPS) is 11.2. The van der Waals surface area contributed by atoms with Gasteiger partial charge in [0.15, 0.2) is 5.16 Å². The molecule has 0 aliphatic heterocycles. The minimum absolute atomic E-state index is 0.0472. The number of thioether (sulfide) groups is 1. The Balaban J connectivity index is 1.94. The van der Waals surface area contributed by atoms with Crippen molar-refractivity contribution in [1.82, 2.24) is 24.5 Å². The highest BCUT2D eigenvalue weighted by Crippen LogP contribution is 2.26. The van der Waals surface area contributed by atoms with E-state index in [1.165, 1.54) is 11.8 Å². The molecular formula is C22H20N6O2S. The van der Waals surface area contributed by atoms with Gasteiger partial charge < -0.3 is 5.32 Å². The van der Waals surface area contributed by atoms with Gasteiger partial charge in [0.1, 0.15) is 6.54 Å². The van der Waals surface area contributed by atoms with Gasteiger partial charge in [-0.3, -0.25) is 14.0 Å². The molecule has 0 bridgehead atoms. The molecule has 0 spiro atoms. The third kappa shape index (κ3) is 3.78. The average molecular weight is 433 g/mol. The van der Waals surface area contributed by atoms with Gasteiger partial charge in [-0.05, 0) is 29.7 Å². The molecule has 4 aromatic rings. The highest BCUT2D eigenvalue weighted by Gasteiger charge is 2.20. The van der Waals surface area contributed by atoms with Crippen LogP contribution in [-0.4, -0.2) is 37.4 Å². The summed E-state index contributed by atoms with van der Waals surface area (Å²) < 4.78 is 3.39. The largest absolute Gasteiger partial charge is 0.342 e. The first-order chi connectivity index (χ1) is 15.0. The van der Waals surface area contributed by atoms with E-state index in [4.69, 9.17) is 5.26 Å². The number of amides is 1. The Hall–Kier alpha value is -3.64. The first-order valence-electron chi connectivity index (χ1n) is 9.77. The zero-order valence-corrected chi connectivity index (χ0v) is 17.9. The Morgan fingerprint density at radius 3 is 2.68 bits per heavy atom. The number of hydrogen-bond acceptors (Lipinski definition) is 6. The zero-order valence-electron chi connectivity index (χ0n) is 17.1. The summed E-state index contributed by atoms with van der Waals surface area (Å²) >= 11 is 1.20. The first kappa shape index (κ1) is 20.6. The zero-order chi connectivity index (χ0) is 22.0. The summed E-state index contributed by atoms with van der Waals surface area (Å²) in [6.45, 7) is 4.11. The monoisotopic (exact) mass is 432 g/mol. The second kappa shape index (κ2) is 8.62. The number of nitriles is 1. The van der Waals surface area contributed by atoms with Crippen molar-refractivity contribution in [2.24, 2.45) is 0 Å². The molecular weight excluding hydrogens is 412 g/mol. The summed E-state index contributed by atoms with van der Waals surface area (Å²) in [5, 5.41) is 20.7. The Bertz CT molecular complexity index is 1380. The molecule has 1 amide bonds. The molecule has 0 saturated heterocycles. The van der Waals surface area contributed by atoms with Crippen LogP contribution in [0, 0.1) is 11.3 Å². The number of nitrogens with one attached hydrogen (secondary N) is 1. The summed E-state index contributed by atoms with van der Waals surface area (Å²) in [6.07, 6.45) is 0. The predicted molar refractivity (Wildman–Crippen MR) is 120 cm³/mol. The van der Waals surface area contributed by atoms with Crippen molar-refractivity contribution in [3.05, 3.63) is 64.4 Å². The van der Waals surface area contributed by atoms with Gasteiger partial charge in [0.05, 0.1) is 28.4 Å². The van der Waals surface area contributed by atoms with Crippen molar-refractivity contribution in [3.8, 4) is 11.8 Å². The van der Waals surface area contributed by atoms with E-state index in [0.29, 0.717) is 21.8 Å². The van der Waals surface area contributed by atoms with E-state index in [9.17, 15) is 9.59 Å². The van der Waals surface area contributed by atoms with Gasteiger partial charge in [-0.15, -0.1) is 10.2 Å². The van der Waals surface area contributed by atoms with Crippen molar-refractivity contribution in [2.75, 3.05) is 12.3 Å². The maximum absolute atomic E-state index is 13.5. The summed E-state index contributed by atoms with van der Waals surface area (Å²) in [5.74, 6) is 0.399. The minimum Gasteiger partial charge on any atom is -0.342 e. The van der Waals surface area contributed by atoms with Crippen LogP contribution in [0.25, 0.3) is 22.4 Å². The number of benzene rings is 2. The van der Waals surface area contributed by atoms with Gasteiger partial charge in [-0.2, -0.15) is 5.26 Å². The smallest absolute Gasteiger partial charge is 0.267 e. The van der Waals surface area contributed by atoms with E-state index < -0.39 is 0 Å². The van der Waals surface area contributed by atoms with Crippen molar-refractivity contribution >= 4 is 34.3 Å². The maximum Gasteiger partial charge on any atom is 0.267 e. The van der Waals surface area contributed by atoms with Crippen LogP contribution in [0.3, 0.4) is 0 Å². The molecule has 0 radical (unpaired) electrons. The van der Waals surface area contributed by atoms with Gasteiger partial charge in [-0.1, -0.05) is 55.9 Å². The van der Waals surface area contributed by atoms with Crippen molar-refractivity contribution < 1.29 is 4.79 Å². The van der Waals surface area contributed by atoms with Crippen molar-refractivity contribution in [2.45, 2.75) is 24.9 Å². The third-order valence-corrected chi connectivity index (χ3v) is 5.82. The van der Waals surface area contributed by atoms with E-state index in [1.54, 1.807) is 15.0 Å². The van der Waals surface area contributed by atoms with Crippen LogP contribution in [0.4, 0.5) is 0 Å². The van der Waals surface area contributed by atoms with Crippen LogP contribution in [0.1, 0.15) is 25.3 Å². The second-order valence-electron chi connectivity index (χ2n) is 7.21. The Kier molecular flexibility index (Phi) is 5.73. The lowest BCUT2D eigenvalue weighted by Gasteiger charge is -2.16. The van der Waals surface area contributed by atoms with Gasteiger partial charge in [0.25, 0.3) is 5.56 Å². The minimum atomic E-state index is -0.272. The molecule has 0 fully saturated rings. The van der Waals surface area contributed by atoms with E-state index >= 15 is 0 Å². The SMILES string of the molecule is CC(C)c1ccccc1-n1c(=O)c2ccccc2n2c(SCC(=O)NCC#N)nnc12. The summed E-state index contributed by atoms with van der Waals surface area (Å²) in [6, 6.07) is 16.9. The molecule has 4 rings (SSSR count). The van der Waals surface area contributed by atoms with Crippen LogP contribution < -0.4 is 10.9 Å². The lowest BCUT2D eigenvalue weighted by atomic mass is 10.0. The van der Waals surface area contributed by atoms with Crippen LogP contribution >= 0.6 is 11.8 Å². The highest BCUT2D eigenvalue weighted by atomic mass is 32.2. The van der Waals surface area contributed by atoms with Crippen molar-refractivity contribution in [3.63, 3.8) is 0 Å². The number of nitrogens with zero attached hydrogens (tertiary/aromatic N) is 5. The molecule has 156 valence electrons. The fourth-order valence-corrected chi connectivity index (χ4v) is 4.26. The molecule has 2 aromatic heterocycles. The van der Waals surface area contributed by atoms with E-state index in [1.807, 2.05) is 48.5 Å². The number of para-hydroxylation sites is 2. The topological polar surface area (TPSA) is 105 Å². The van der Waals surface area contributed by atoms with Crippen molar-refractivity contribution in [1.29, 1.82) is 5.26 Å². The molecule has 8 nitrogen and oxygen atoms in total. The summed E-state index contributed by atoms with van der Waals surface area (Å²) in [4.78, 5) is 25.5. The fraction of sp³-hybridized carbons (Fsp3) is 0.227. The van der Waals surface area contributed by atoms with Crippen LogP contribution in [0.2, 0.25) is 0 Å². The molecule has 0 aliphatic carbocycles. The molecule has 2 heterocycles. The molecule has 0 atom stereocenters. The number of carbonyl (C=O) groups excluding carboxylic acids is 1. The van der Waals surface area contributed by atoms with E-state index in [-0.39, 0.29) is 29.7 Å². The number of carbonyl (C=O) groups is 1. The standard InChI is InChI=1S/C22H20N6O2S/c1-14(2)15-7-3-5-9-17(15)27-20(30)16-8-4-6-10-18(16)28-21(27)25-26-22(28)31-13-19(29)24-12-11-23/h3-10,14H,12-13H2,1-2H3,(H,24,29). The Morgan fingerprint density at radius 2 is 1.90 bits per heavy atom. The summed E-state index contributed by atoms with van der Waals surface area (Å²) in [5.41, 5.74) is 2.28. The maximum atomic E-state index is 13.5. The Labute approximate surface area is 182 Å². The van der Waals surface area contributed by atoms with Gasteiger partial charge in [0, 0.05) is 0 Å². The van der Waals surface area contributed by atoms with Gasteiger partial charge in [0.2, 0.25) is 11.7 Å². The van der Waals surface area contributed by atoms with Crippen LogP contribution in [0.5, 0.6) is 0 Å². The third-order valence-electron chi connectivity index (χ3n) is 4.89. The highest BCUT2D eigenvalue weighted by molar-refractivity contribution is 7.99. The molecule has 2 aromatic carbocycles. The molecule has 0 saturated carbocycles. The van der Waals surface area contributed by atoms with Crippen LogP contribution in [0.15, 0.2) is 58.5 Å². The summed E-state index contributed by atoms with van der Waals surface area (Å²) in [7, 11) is 0. The number of fused-ring (bicyclic) bond motifs is 3. The first-order valence-corrected chi connectivity index (χ1v) is 10.8. The molecule has 0 aliphatic rings. The van der Waals surface area contributed by atoms with Gasteiger partial charge >= 0.3 is 0 Å². The predicted octanol–water partition coefficient (Wildman–Crippen LogP) is 2.89. The molecule has 9 heteroatoms. The fourth-order valence-electron chi connectivity index (χ4n) is 3.49. The molecule has 1 N–H and O–H groups in total. The van der Waals surface area contributed by atoms with Crippen LogP contribution in [-0.2, 0) is 4.79 Å². The lowest BCUT2D eigenvalue weighted by Crippen LogP contribution is -2.25. The number of rotatable bonds is 6. The average Bonchev–Trinajstić information content (AvgIpc) is 3.20.